The molecule has 3 nitrogen and oxygen atoms in total. The molecule has 0 amide bonds. The Bertz CT molecular complexity index is 913. The van der Waals surface area contributed by atoms with E-state index in [1.807, 2.05) is 24.3 Å². The van der Waals surface area contributed by atoms with E-state index in [4.69, 9.17) is 9.73 Å². The minimum absolute atomic E-state index is 0.252. The largest absolute Gasteiger partial charge is 0.507 e. The van der Waals surface area contributed by atoms with E-state index in [0.717, 1.165) is 11.0 Å². The monoisotopic (exact) mass is 412 g/mol. The van der Waals surface area contributed by atoms with Gasteiger partial charge in [0.05, 0.1) is 21.7 Å². The molecule has 0 bridgehead atoms. The van der Waals surface area contributed by atoms with Gasteiger partial charge in [0.15, 0.2) is 5.82 Å². The first-order valence-electron chi connectivity index (χ1n) is 9.39. The molecule has 1 heterocycles. The smallest absolute Gasteiger partial charge is 0.167 e. The molecule has 142 valence electrons. The lowest BCUT2D eigenvalue weighted by atomic mass is 10.2. The molecule has 1 atom stereocenters. The minimum Gasteiger partial charge on any atom is -0.507 e. The third-order valence-electron chi connectivity index (χ3n) is 4.69. The number of hydrogen-bond donors (Lipinski definition) is 1. The lowest BCUT2D eigenvalue weighted by Crippen LogP contribution is -2.43. The quantitative estimate of drug-likeness (QED) is 0.469. The third-order valence-corrected chi connectivity index (χ3v) is 21.0. The summed E-state index contributed by atoms with van der Waals surface area (Å²) in [5, 5.41) is 10.3. The average molecular weight is 413 g/mol. The molecule has 0 aliphatic carbocycles. The highest BCUT2D eigenvalue weighted by Crippen LogP contribution is 2.55. The first-order valence-corrected chi connectivity index (χ1v) is 17.9. The summed E-state index contributed by atoms with van der Waals surface area (Å²) >= 11 is 0. The zero-order valence-corrected chi connectivity index (χ0v) is 20.0. The van der Waals surface area contributed by atoms with Gasteiger partial charge in [0.1, 0.15) is 11.2 Å². The van der Waals surface area contributed by atoms with Gasteiger partial charge >= 0.3 is 0 Å². The molecule has 0 aliphatic heterocycles. The molecule has 1 unspecified atom stereocenters. The van der Waals surface area contributed by atoms with Crippen molar-refractivity contribution in [2.24, 2.45) is 0 Å². The molecule has 0 fully saturated rings. The third kappa shape index (κ3) is 4.26. The first kappa shape index (κ1) is 20.1. The van der Waals surface area contributed by atoms with Crippen molar-refractivity contribution in [1.82, 2.24) is 9.73 Å². The lowest BCUT2D eigenvalue weighted by Gasteiger charge is -2.37. The summed E-state index contributed by atoms with van der Waals surface area (Å²) in [4.78, 5) is 5.63. The zero-order valence-electron chi connectivity index (χ0n) is 17.1. The van der Waals surface area contributed by atoms with Gasteiger partial charge in [-0.15, -0.1) is 0 Å². The fourth-order valence-corrected chi connectivity index (χ4v) is 22.9. The number of benzene rings is 2. The van der Waals surface area contributed by atoms with Gasteiger partial charge < -0.3 is 5.11 Å². The Labute approximate surface area is 165 Å². The molecule has 1 aromatic heterocycles. The van der Waals surface area contributed by atoms with Crippen molar-refractivity contribution < 1.29 is 5.11 Å². The van der Waals surface area contributed by atoms with Crippen molar-refractivity contribution in [2.75, 3.05) is 0 Å². The lowest BCUT2D eigenvalue weighted by molar-refractivity contribution is 0.477. The Morgan fingerprint density at radius 3 is 1.93 bits per heavy atom. The Morgan fingerprint density at radius 1 is 0.815 bits per heavy atom. The summed E-state index contributed by atoms with van der Waals surface area (Å²) in [7, 11) is -3.68. The van der Waals surface area contributed by atoms with E-state index in [0.29, 0.717) is 10.7 Å². The van der Waals surface area contributed by atoms with Gasteiger partial charge in [0.25, 0.3) is 0 Å². The number of rotatable bonds is 5. The number of aromatic nitrogens is 2. The molecule has 6 heteroatoms. The number of aromatic hydroxyl groups is 1. The Balaban J connectivity index is 2.27. The van der Waals surface area contributed by atoms with Crippen LogP contribution >= 0.6 is 7.69 Å². The zero-order chi connectivity index (χ0) is 19.8. The van der Waals surface area contributed by atoms with Gasteiger partial charge in [-0.05, 0) is 19.8 Å². The van der Waals surface area contributed by atoms with Gasteiger partial charge in [0.2, 0.25) is 0 Å². The number of phenolic OH excluding ortho intramolecular Hbond substituents is 1. The molecule has 1 N–H and O–H groups in total. The van der Waals surface area contributed by atoms with Crippen LogP contribution in [0.4, 0.5) is 0 Å². The maximum atomic E-state index is 10.3. The van der Waals surface area contributed by atoms with Crippen LogP contribution in [0, 0.1) is 0 Å². The molecule has 3 rings (SSSR count). The summed E-state index contributed by atoms with van der Waals surface area (Å²) in [6, 6.07) is 17.9. The summed E-state index contributed by atoms with van der Waals surface area (Å²) in [5.41, 5.74) is 3.03. The van der Waals surface area contributed by atoms with Crippen LogP contribution in [-0.2, 0) is 0 Å². The van der Waals surface area contributed by atoms with Crippen LogP contribution < -0.4 is 0 Å². The molecule has 0 aliphatic rings. The fraction of sp³-hybridized carbons (Fsp3) is 0.333. The number of para-hydroxylation sites is 1. The van der Waals surface area contributed by atoms with E-state index in [1.165, 1.54) is 5.56 Å². The van der Waals surface area contributed by atoms with Gasteiger partial charge in [-0.3, -0.25) is 0 Å². The van der Waals surface area contributed by atoms with Crippen molar-refractivity contribution in [1.29, 1.82) is 0 Å². The molecule has 0 spiro atoms. The summed E-state index contributed by atoms with van der Waals surface area (Å²) in [6.07, 6.45) is 0. The van der Waals surface area contributed by atoms with Crippen LogP contribution in [0.3, 0.4) is 0 Å². The summed E-state index contributed by atoms with van der Waals surface area (Å²) < 4.78 is 5.20. The molecule has 2 aromatic carbocycles. The number of hydrogen-bond acceptors (Lipinski definition) is 3. The molecule has 0 radical (unpaired) electrons. The highest BCUT2D eigenvalue weighted by molar-refractivity contribution is 7.56. The maximum absolute atomic E-state index is 10.3. The molecule has 0 saturated heterocycles. The minimum atomic E-state index is -1.47. The van der Waals surface area contributed by atoms with Crippen molar-refractivity contribution in [3.8, 4) is 28.1 Å². The van der Waals surface area contributed by atoms with E-state index < -0.39 is 23.8 Å². The molecule has 0 saturated carbocycles. The van der Waals surface area contributed by atoms with Crippen LogP contribution in [-0.4, -0.2) is 31.0 Å². The van der Waals surface area contributed by atoms with E-state index in [1.54, 1.807) is 6.07 Å². The first-order chi connectivity index (χ1) is 12.6. The van der Waals surface area contributed by atoms with Crippen LogP contribution in [0.15, 0.2) is 54.6 Å². The molecular formula is C21H29N2OPSi2. The molecular weight excluding hydrogens is 383 g/mol. The molecule has 27 heavy (non-hydrogen) atoms. The van der Waals surface area contributed by atoms with Crippen molar-refractivity contribution >= 4 is 23.8 Å². The normalized spacial score (nSPS) is 13.2. The molecule has 3 aromatic rings. The predicted molar refractivity (Wildman–Crippen MR) is 123 cm³/mol. The summed E-state index contributed by atoms with van der Waals surface area (Å²) in [6.45, 7) is 14.8. The van der Waals surface area contributed by atoms with Gasteiger partial charge in [-0.2, -0.15) is 0 Å². The standard InChI is InChI=1S/C21H29N2OPSi2/c1-26(2,3)21(27(4,5)6)25-20(16-12-8-7-9-13-16)22-19(23-25)17-14-10-11-15-18(17)24/h7-15,21,24H,1-6H3. The van der Waals surface area contributed by atoms with E-state index in [-0.39, 0.29) is 5.75 Å². The maximum Gasteiger partial charge on any atom is 0.167 e. The van der Waals surface area contributed by atoms with E-state index in [9.17, 15) is 5.11 Å². The van der Waals surface area contributed by atoms with Crippen LogP contribution in [0.25, 0.3) is 22.4 Å². The van der Waals surface area contributed by atoms with Crippen LogP contribution in [0.2, 0.25) is 39.3 Å². The van der Waals surface area contributed by atoms with E-state index >= 15 is 0 Å². The predicted octanol–water partition coefficient (Wildman–Crippen LogP) is 6.80. The SMILES string of the molecule is C[Si](C)(C)C(p1nc(-c2ccccc2O)nc1-c1ccccc1)[Si](C)(C)C. The van der Waals surface area contributed by atoms with Crippen molar-refractivity contribution in [3.63, 3.8) is 0 Å². The Hall–Kier alpha value is -1.69. The van der Waals surface area contributed by atoms with Crippen LogP contribution in [0.5, 0.6) is 5.75 Å². The van der Waals surface area contributed by atoms with Gasteiger partial charge in [-0.1, -0.05) is 81.7 Å². The topological polar surface area (TPSA) is 46.0 Å². The highest BCUT2D eigenvalue weighted by atomic mass is 31.1. The second-order valence-corrected chi connectivity index (χ2v) is 23.2. The summed E-state index contributed by atoms with van der Waals surface area (Å²) in [5.74, 6) is 0.946. The number of nitrogens with zero attached hydrogens (tertiary/aromatic N) is 2. The Kier molecular flexibility index (Phi) is 5.48. The van der Waals surface area contributed by atoms with Crippen molar-refractivity contribution in [3.05, 3.63) is 54.6 Å². The highest BCUT2D eigenvalue weighted by Gasteiger charge is 2.42. The second kappa shape index (κ2) is 7.38. The Morgan fingerprint density at radius 2 is 1.37 bits per heavy atom. The van der Waals surface area contributed by atoms with Crippen molar-refractivity contribution in [2.45, 2.75) is 44.2 Å². The van der Waals surface area contributed by atoms with E-state index in [2.05, 4.69) is 63.5 Å². The number of phenols is 1. The average Bonchev–Trinajstić information content (AvgIpc) is 2.97. The second-order valence-electron chi connectivity index (χ2n) is 9.22. The van der Waals surface area contributed by atoms with Gasteiger partial charge in [0, 0.05) is 10.5 Å². The fourth-order valence-electron chi connectivity index (χ4n) is 4.10. The van der Waals surface area contributed by atoms with Gasteiger partial charge in [-0.25, -0.2) is 9.73 Å². The van der Waals surface area contributed by atoms with Crippen LogP contribution in [0.1, 0.15) is 4.91 Å².